The standard InChI is InChI=1S/C6H4ClO2P/c7-5-2-1-3-6(4-5)10(8)9/h1-4H. The van der Waals surface area contributed by atoms with Crippen LogP contribution in [0.1, 0.15) is 0 Å². The zero-order chi connectivity index (χ0) is 7.56. The summed E-state index contributed by atoms with van der Waals surface area (Å²) in [6, 6.07) is 6.14. The summed E-state index contributed by atoms with van der Waals surface area (Å²) < 4.78 is 10.3. The molecule has 0 fully saturated rings. The van der Waals surface area contributed by atoms with Gasteiger partial charge in [-0.1, -0.05) is 22.2 Å². The molecule has 1 unspecified atom stereocenters. The van der Waals surface area contributed by atoms with E-state index in [0.29, 0.717) is 5.02 Å². The summed E-state index contributed by atoms with van der Waals surface area (Å²) in [6.45, 7) is 0. The van der Waals surface area contributed by atoms with E-state index in [1.54, 1.807) is 12.1 Å². The first kappa shape index (κ1) is 7.67. The first-order valence-corrected chi connectivity index (χ1v) is 4.15. The zero-order valence-corrected chi connectivity index (χ0v) is 6.60. The van der Waals surface area contributed by atoms with Crippen LogP contribution >= 0.6 is 19.6 Å². The predicted molar refractivity (Wildman–Crippen MR) is 38.7 cm³/mol. The molecule has 1 aromatic rings. The van der Waals surface area contributed by atoms with Gasteiger partial charge in [0.25, 0.3) is 0 Å². The van der Waals surface area contributed by atoms with E-state index < -0.39 is 8.03 Å². The number of rotatable bonds is 1. The van der Waals surface area contributed by atoms with Gasteiger partial charge >= 0.3 is 8.03 Å². The Hall–Kier alpha value is -0.430. The summed E-state index contributed by atoms with van der Waals surface area (Å²) in [5.74, 6) is 0. The van der Waals surface area contributed by atoms with Crippen molar-refractivity contribution in [3.05, 3.63) is 29.3 Å². The molecular formula is C6H4ClO2P. The lowest BCUT2D eigenvalue weighted by atomic mass is 10.4. The minimum absolute atomic E-state index is 0.252. The third-order valence-electron chi connectivity index (χ3n) is 1.02. The number of hydrogen-bond acceptors (Lipinski definition) is 2. The molecule has 0 saturated heterocycles. The van der Waals surface area contributed by atoms with E-state index in [1.807, 2.05) is 0 Å². The molecule has 0 heterocycles. The molecule has 0 aromatic heterocycles. The summed E-state index contributed by atoms with van der Waals surface area (Å²) in [4.78, 5) is 10.3. The minimum Gasteiger partial charge on any atom is -0.591 e. The van der Waals surface area contributed by atoms with Gasteiger partial charge in [0.1, 0.15) is 0 Å². The number of halogens is 1. The van der Waals surface area contributed by atoms with Gasteiger partial charge in [0.05, 0.1) is 0 Å². The van der Waals surface area contributed by atoms with Crippen molar-refractivity contribution in [2.45, 2.75) is 0 Å². The molecule has 52 valence electrons. The van der Waals surface area contributed by atoms with Gasteiger partial charge < -0.3 is 4.89 Å². The highest BCUT2D eigenvalue weighted by molar-refractivity contribution is 7.45. The van der Waals surface area contributed by atoms with Crippen molar-refractivity contribution in [2.75, 3.05) is 0 Å². The fourth-order valence-electron chi connectivity index (χ4n) is 0.590. The molecule has 0 saturated carbocycles. The Morgan fingerprint density at radius 3 is 2.60 bits per heavy atom. The Kier molecular flexibility index (Phi) is 2.39. The quantitative estimate of drug-likeness (QED) is 0.598. The number of hydrogen-bond donors (Lipinski definition) is 0. The summed E-state index contributed by atoms with van der Waals surface area (Å²) in [6.07, 6.45) is 0. The Balaban J connectivity index is 3.07. The Morgan fingerprint density at radius 1 is 1.50 bits per heavy atom. The van der Waals surface area contributed by atoms with E-state index in [0.717, 1.165) is 0 Å². The van der Waals surface area contributed by atoms with Gasteiger partial charge in [0.2, 0.25) is 0 Å². The number of benzene rings is 1. The second-order valence-electron chi connectivity index (χ2n) is 1.74. The van der Waals surface area contributed by atoms with Crippen molar-refractivity contribution in [2.24, 2.45) is 0 Å². The second kappa shape index (κ2) is 3.11. The van der Waals surface area contributed by atoms with E-state index in [2.05, 4.69) is 0 Å². The van der Waals surface area contributed by atoms with Crippen molar-refractivity contribution in [1.82, 2.24) is 0 Å². The molecular weight excluding hydrogens is 170 g/mol. The maximum absolute atomic E-state index is 10.3. The first-order chi connectivity index (χ1) is 4.70. The lowest BCUT2D eigenvalue weighted by Gasteiger charge is -1.88. The van der Waals surface area contributed by atoms with Crippen LogP contribution in [0.3, 0.4) is 0 Å². The Labute approximate surface area is 64.3 Å². The maximum Gasteiger partial charge on any atom is 0.348 e. The molecule has 1 rings (SSSR count). The molecule has 1 atom stereocenters. The van der Waals surface area contributed by atoms with E-state index in [9.17, 15) is 9.46 Å². The molecule has 0 amide bonds. The van der Waals surface area contributed by atoms with Gasteiger partial charge in [-0.3, -0.25) is 0 Å². The van der Waals surface area contributed by atoms with E-state index >= 15 is 0 Å². The van der Waals surface area contributed by atoms with Gasteiger partial charge in [-0.2, -0.15) is 0 Å². The summed E-state index contributed by atoms with van der Waals surface area (Å²) >= 11 is 5.52. The summed E-state index contributed by atoms with van der Waals surface area (Å²) in [5, 5.41) is 0.694. The molecule has 0 spiro atoms. The highest BCUT2D eigenvalue weighted by Crippen LogP contribution is 2.11. The second-order valence-corrected chi connectivity index (χ2v) is 3.20. The van der Waals surface area contributed by atoms with Crippen molar-refractivity contribution < 1.29 is 9.46 Å². The lowest BCUT2D eigenvalue weighted by molar-refractivity contribution is -0.160. The van der Waals surface area contributed by atoms with Crippen LogP contribution < -0.4 is 10.2 Å². The smallest absolute Gasteiger partial charge is 0.348 e. The maximum atomic E-state index is 10.3. The van der Waals surface area contributed by atoms with Crippen LogP contribution in [0.25, 0.3) is 0 Å². The molecule has 0 aliphatic heterocycles. The fraction of sp³-hybridized carbons (Fsp3) is 0. The van der Waals surface area contributed by atoms with E-state index in [4.69, 9.17) is 11.6 Å². The molecule has 0 aliphatic rings. The van der Waals surface area contributed by atoms with Crippen LogP contribution in [0.2, 0.25) is 5.02 Å². The molecule has 0 bridgehead atoms. The molecule has 0 N–H and O–H groups in total. The van der Waals surface area contributed by atoms with Crippen LogP contribution in [-0.4, -0.2) is 0 Å². The third kappa shape index (κ3) is 1.77. The normalized spacial score (nSPS) is 11.2. The van der Waals surface area contributed by atoms with E-state index in [-0.39, 0.29) is 5.30 Å². The zero-order valence-electron chi connectivity index (χ0n) is 4.95. The van der Waals surface area contributed by atoms with Crippen LogP contribution in [-0.2, 0) is 4.57 Å². The monoisotopic (exact) mass is 174 g/mol. The van der Waals surface area contributed by atoms with Gasteiger partial charge in [0.15, 0.2) is 5.30 Å². The Morgan fingerprint density at radius 2 is 2.20 bits per heavy atom. The van der Waals surface area contributed by atoms with Gasteiger partial charge in [-0.05, 0) is 12.1 Å². The average Bonchev–Trinajstić information content (AvgIpc) is 1.88. The van der Waals surface area contributed by atoms with Crippen LogP contribution in [0, 0.1) is 0 Å². The van der Waals surface area contributed by atoms with Gasteiger partial charge in [-0.25, -0.2) is 0 Å². The van der Waals surface area contributed by atoms with Gasteiger partial charge in [-0.15, -0.1) is 0 Å². The SMILES string of the molecule is O=[P+]([O-])c1cccc(Cl)c1. The lowest BCUT2D eigenvalue weighted by Crippen LogP contribution is -2.02. The Bertz CT molecular complexity index is 262. The molecule has 0 radical (unpaired) electrons. The van der Waals surface area contributed by atoms with Crippen LogP contribution in [0.4, 0.5) is 0 Å². The topological polar surface area (TPSA) is 40.1 Å². The summed E-state index contributed by atoms with van der Waals surface area (Å²) in [7, 11) is -2.50. The van der Waals surface area contributed by atoms with E-state index in [1.165, 1.54) is 12.1 Å². The third-order valence-corrected chi connectivity index (χ3v) is 1.95. The van der Waals surface area contributed by atoms with Crippen molar-refractivity contribution in [3.63, 3.8) is 0 Å². The van der Waals surface area contributed by atoms with Crippen LogP contribution in [0.5, 0.6) is 0 Å². The first-order valence-electron chi connectivity index (χ1n) is 2.60. The largest absolute Gasteiger partial charge is 0.591 e. The van der Waals surface area contributed by atoms with Crippen molar-refractivity contribution in [1.29, 1.82) is 0 Å². The van der Waals surface area contributed by atoms with Gasteiger partial charge in [0, 0.05) is 11.1 Å². The molecule has 2 nitrogen and oxygen atoms in total. The average molecular weight is 175 g/mol. The predicted octanol–water partition coefficient (Wildman–Crippen LogP) is 1.07. The highest BCUT2D eigenvalue weighted by Gasteiger charge is 2.05. The molecule has 1 aromatic carbocycles. The molecule has 0 aliphatic carbocycles. The highest BCUT2D eigenvalue weighted by atomic mass is 35.5. The summed E-state index contributed by atoms with van der Waals surface area (Å²) in [5.41, 5.74) is 0. The minimum atomic E-state index is -2.50. The van der Waals surface area contributed by atoms with Crippen molar-refractivity contribution in [3.8, 4) is 0 Å². The molecule has 10 heavy (non-hydrogen) atoms. The van der Waals surface area contributed by atoms with Crippen LogP contribution in [0.15, 0.2) is 24.3 Å². The molecule has 4 heteroatoms. The van der Waals surface area contributed by atoms with Crippen molar-refractivity contribution >= 4 is 24.9 Å². The fourth-order valence-corrected chi connectivity index (χ4v) is 1.31.